The van der Waals surface area contributed by atoms with E-state index in [1.165, 1.54) is 31.9 Å². The van der Waals surface area contributed by atoms with Crippen LogP contribution in [0.4, 0.5) is 11.6 Å². The summed E-state index contributed by atoms with van der Waals surface area (Å²) in [6.07, 6.45) is 9.89. The van der Waals surface area contributed by atoms with Crippen molar-refractivity contribution in [1.29, 1.82) is 0 Å². The van der Waals surface area contributed by atoms with Gasteiger partial charge in [-0.2, -0.15) is 0 Å². The Balaban J connectivity index is 0.000000178. The van der Waals surface area contributed by atoms with E-state index in [1.54, 1.807) is 24.1 Å². The molecule has 0 aliphatic carbocycles. The molecule has 5 heterocycles. The summed E-state index contributed by atoms with van der Waals surface area (Å²) < 4.78 is 9.14. The topological polar surface area (TPSA) is 209 Å². The molecular formula is C24H36N10O4. The van der Waals surface area contributed by atoms with E-state index in [2.05, 4.69) is 36.8 Å². The molecule has 1 aliphatic heterocycles. The summed E-state index contributed by atoms with van der Waals surface area (Å²) in [5.74, 6) is 0.681. The van der Waals surface area contributed by atoms with Crippen LogP contribution in [0.25, 0.3) is 22.3 Å². The average Bonchev–Trinajstić information content (AvgIpc) is 3.62. The van der Waals surface area contributed by atoms with Gasteiger partial charge in [0.05, 0.1) is 37.5 Å². The van der Waals surface area contributed by atoms with Gasteiger partial charge in [-0.05, 0) is 13.3 Å². The van der Waals surface area contributed by atoms with Crippen molar-refractivity contribution in [3.63, 3.8) is 0 Å². The number of hydrogen-bond acceptors (Lipinski definition) is 12. The quantitative estimate of drug-likeness (QED) is 0.195. The van der Waals surface area contributed by atoms with Crippen LogP contribution in [-0.2, 0) is 4.74 Å². The summed E-state index contributed by atoms with van der Waals surface area (Å²) in [7, 11) is 0. The summed E-state index contributed by atoms with van der Waals surface area (Å²) >= 11 is 0. The first-order valence-corrected chi connectivity index (χ1v) is 12.8. The second-order valence-electron chi connectivity index (χ2n) is 9.44. The molecule has 38 heavy (non-hydrogen) atoms. The largest absolute Gasteiger partial charge is 0.394 e. The number of ether oxygens (including phenoxy) is 1. The van der Waals surface area contributed by atoms with Crippen molar-refractivity contribution in [2.24, 2.45) is 0 Å². The predicted octanol–water partition coefficient (Wildman–Crippen LogP) is 1.35. The van der Waals surface area contributed by atoms with Crippen LogP contribution in [0.2, 0.25) is 0 Å². The molecule has 5 atom stereocenters. The highest BCUT2D eigenvalue weighted by Crippen LogP contribution is 2.31. The number of anilines is 2. The number of rotatable bonds is 9. The van der Waals surface area contributed by atoms with Crippen molar-refractivity contribution >= 4 is 34.0 Å². The Morgan fingerprint density at radius 3 is 2.26 bits per heavy atom. The molecule has 4 aromatic rings. The molecular weight excluding hydrogens is 492 g/mol. The van der Waals surface area contributed by atoms with Crippen LogP contribution in [0.15, 0.2) is 25.3 Å². The SMILES string of the molecule is CCCCCC[C@@H]([C@H](C)O)n1cnc2c(N)ncnc21.Nc1ncnc2c1ncn2[C@H]1C[C@H](O)[C@@H](CO)O1. The number of fused-ring (bicyclic) bond motifs is 2. The molecule has 0 amide bonds. The van der Waals surface area contributed by atoms with Crippen molar-refractivity contribution in [1.82, 2.24) is 39.0 Å². The Hall–Kier alpha value is -3.46. The molecule has 4 aromatic heterocycles. The first-order chi connectivity index (χ1) is 18.3. The van der Waals surface area contributed by atoms with E-state index in [0.29, 0.717) is 40.4 Å². The summed E-state index contributed by atoms with van der Waals surface area (Å²) in [4.78, 5) is 24.5. The lowest BCUT2D eigenvalue weighted by atomic mass is 10.0. The van der Waals surface area contributed by atoms with Crippen molar-refractivity contribution in [3.8, 4) is 0 Å². The highest BCUT2D eigenvalue weighted by atomic mass is 16.5. The molecule has 14 heteroatoms. The fraction of sp³-hybridized carbons (Fsp3) is 0.583. The van der Waals surface area contributed by atoms with Crippen LogP contribution >= 0.6 is 0 Å². The van der Waals surface area contributed by atoms with Crippen molar-refractivity contribution in [2.45, 2.75) is 83.0 Å². The van der Waals surface area contributed by atoms with E-state index in [9.17, 15) is 10.2 Å². The van der Waals surface area contributed by atoms with Gasteiger partial charge in [0.2, 0.25) is 0 Å². The third-order valence-electron chi connectivity index (χ3n) is 6.74. The number of aliphatic hydroxyl groups is 3. The number of nitrogens with two attached hydrogens (primary N) is 2. The Morgan fingerprint density at radius 2 is 1.63 bits per heavy atom. The lowest BCUT2D eigenvalue weighted by molar-refractivity contribution is -0.0432. The minimum Gasteiger partial charge on any atom is -0.394 e. The van der Waals surface area contributed by atoms with E-state index in [1.807, 2.05) is 4.57 Å². The average molecular weight is 529 g/mol. The number of unbranched alkanes of at least 4 members (excludes halogenated alkanes) is 3. The van der Waals surface area contributed by atoms with Gasteiger partial charge in [0.1, 0.15) is 36.0 Å². The maximum absolute atomic E-state index is 10.0. The normalized spacial score (nSPS) is 20.9. The van der Waals surface area contributed by atoms with Gasteiger partial charge in [-0.25, -0.2) is 29.9 Å². The van der Waals surface area contributed by atoms with Crippen LogP contribution in [-0.4, -0.2) is 79.3 Å². The number of aromatic nitrogens is 8. The Bertz CT molecular complexity index is 1330. The summed E-state index contributed by atoms with van der Waals surface area (Å²) in [5.41, 5.74) is 13.8. The van der Waals surface area contributed by atoms with E-state index in [4.69, 9.17) is 21.3 Å². The highest BCUT2D eigenvalue weighted by Gasteiger charge is 2.35. The van der Waals surface area contributed by atoms with Gasteiger partial charge in [-0.1, -0.05) is 32.6 Å². The maximum Gasteiger partial charge on any atom is 0.167 e. The standard InChI is InChI=1S/C14H23N5O.C10H13N5O3/c1-3-4-5-6-7-11(10(2)20)19-9-18-12-13(15)16-8-17-14(12)19;11-9-8-10(13-3-12-9)15(4-14-8)7-1-5(17)6(2-16)18-7/h8-11,20H,3-7H2,1-2H3,(H2,15,16,17);3-7,16-17H,1-2H2,(H2,11,12,13)/t10-,11-;5-,6+,7+/m00/s1. The second-order valence-corrected chi connectivity index (χ2v) is 9.44. The first-order valence-electron chi connectivity index (χ1n) is 12.8. The van der Waals surface area contributed by atoms with Gasteiger partial charge in [-0.3, -0.25) is 4.57 Å². The molecule has 0 radical (unpaired) electrons. The molecule has 0 bridgehead atoms. The van der Waals surface area contributed by atoms with E-state index in [-0.39, 0.29) is 12.6 Å². The zero-order valence-corrected chi connectivity index (χ0v) is 21.6. The Kier molecular flexibility index (Phi) is 8.99. The van der Waals surface area contributed by atoms with Gasteiger partial charge >= 0.3 is 0 Å². The number of hydrogen-bond donors (Lipinski definition) is 5. The minimum absolute atomic E-state index is 0.0221. The third-order valence-corrected chi connectivity index (χ3v) is 6.74. The number of nitrogen functional groups attached to an aromatic ring is 2. The molecule has 7 N–H and O–H groups in total. The molecule has 0 unspecified atom stereocenters. The molecule has 14 nitrogen and oxygen atoms in total. The molecule has 5 rings (SSSR count). The molecule has 1 fully saturated rings. The number of aliphatic hydroxyl groups excluding tert-OH is 3. The van der Waals surface area contributed by atoms with E-state index in [0.717, 1.165) is 12.8 Å². The van der Waals surface area contributed by atoms with E-state index >= 15 is 0 Å². The monoisotopic (exact) mass is 528 g/mol. The Morgan fingerprint density at radius 1 is 0.974 bits per heavy atom. The third kappa shape index (κ3) is 5.83. The maximum atomic E-state index is 10.0. The smallest absolute Gasteiger partial charge is 0.167 e. The van der Waals surface area contributed by atoms with Gasteiger partial charge in [0.25, 0.3) is 0 Å². The number of imidazole rings is 2. The minimum atomic E-state index is -0.698. The molecule has 1 saturated heterocycles. The highest BCUT2D eigenvalue weighted by molar-refractivity contribution is 5.81. The fourth-order valence-corrected chi connectivity index (χ4v) is 4.64. The molecule has 1 aliphatic rings. The molecule has 0 aromatic carbocycles. The van der Waals surface area contributed by atoms with Gasteiger partial charge in [-0.15, -0.1) is 0 Å². The molecule has 0 spiro atoms. The van der Waals surface area contributed by atoms with Crippen molar-refractivity contribution < 1.29 is 20.1 Å². The van der Waals surface area contributed by atoms with E-state index < -0.39 is 24.5 Å². The predicted molar refractivity (Wildman–Crippen MR) is 141 cm³/mol. The number of nitrogens with zero attached hydrogens (tertiary/aromatic N) is 8. The van der Waals surface area contributed by atoms with Gasteiger partial charge in [0, 0.05) is 6.42 Å². The van der Waals surface area contributed by atoms with Crippen LogP contribution in [0.3, 0.4) is 0 Å². The van der Waals surface area contributed by atoms with Crippen LogP contribution in [0, 0.1) is 0 Å². The van der Waals surface area contributed by atoms with Crippen molar-refractivity contribution in [2.75, 3.05) is 18.1 Å². The summed E-state index contributed by atoms with van der Waals surface area (Å²) in [6.45, 7) is 3.78. The zero-order valence-electron chi connectivity index (χ0n) is 21.6. The Labute approximate surface area is 219 Å². The van der Waals surface area contributed by atoms with Gasteiger partial charge < -0.3 is 36.1 Å². The van der Waals surface area contributed by atoms with Crippen LogP contribution in [0.5, 0.6) is 0 Å². The van der Waals surface area contributed by atoms with Crippen LogP contribution < -0.4 is 11.5 Å². The fourth-order valence-electron chi connectivity index (χ4n) is 4.64. The lowest BCUT2D eigenvalue weighted by Crippen LogP contribution is -2.24. The van der Waals surface area contributed by atoms with Gasteiger partial charge in [0.15, 0.2) is 22.9 Å². The lowest BCUT2D eigenvalue weighted by Gasteiger charge is -2.21. The second kappa shape index (κ2) is 12.4. The zero-order chi connectivity index (χ0) is 27.2. The van der Waals surface area contributed by atoms with Crippen LogP contribution in [0.1, 0.15) is 64.6 Å². The molecule has 206 valence electrons. The van der Waals surface area contributed by atoms with Crippen molar-refractivity contribution in [3.05, 3.63) is 25.3 Å². The first kappa shape index (κ1) is 27.6. The molecule has 0 saturated carbocycles. The summed E-state index contributed by atoms with van der Waals surface area (Å²) in [5, 5.41) is 28.8. The summed E-state index contributed by atoms with van der Waals surface area (Å²) in [6, 6.07) is -0.0221.